The molecule has 0 unspecified atom stereocenters. The molecule has 3 rings (SSSR count). The van der Waals surface area contributed by atoms with E-state index in [-0.39, 0.29) is 34.9 Å². The van der Waals surface area contributed by atoms with Crippen LogP contribution in [0.15, 0.2) is 48.5 Å². The number of nitrogens with zero attached hydrogens (tertiary/aromatic N) is 1. The van der Waals surface area contributed by atoms with Crippen molar-refractivity contribution in [3.63, 3.8) is 0 Å². The van der Waals surface area contributed by atoms with Crippen LogP contribution in [0.3, 0.4) is 0 Å². The van der Waals surface area contributed by atoms with Gasteiger partial charge in [0.1, 0.15) is 0 Å². The first-order valence-corrected chi connectivity index (χ1v) is 12.9. The second-order valence-electron chi connectivity index (χ2n) is 11.8. The highest BCUT2D eigenvalue weighted by Crippen LogP contribution is 2.35. The molecular formula is C30H45N3O. The number of benzene rings is 2. The Bertz CT molecular complexity index is 874. The number of carbonyl (C=O) groups excluding carboxylic acids is 1. The van der Waals surface area contributed by atoms with Gasteiger partial charge in [0.05, 0.1) is 0 Å². The molecule has 0 aliphatic carbocycles. The highest BCUT2D eigenvalue weighted by Gasteiger charge is 2.34. The largest absolute Gasteiger partial charge is 0.334 e. The van der Waals surface area contributed by atoms with Gasteiger partial charge in [-0.2, -0.15) is 0 Å². The zero-order chi connectivity index (χ0) is 25.1. The maximum atomic E-state index is 12.6. The summed E-state index contributed by atoms with van der Waals surface area (Å²) in [6.07, 6.45) is 0.916. The molecule has 34 heavy (non-hydrogen) atoms. The maximum absolute atomic E-state index is 12.6. The van der Waals surface area contributed by atoms with Crippen molar-refractivity contribution in [3.05, 3.63) is 70.8 Å². The number of amides is 2. The molecule has 2 atom stereocenters. The van der Waals surface area contributed by atoms with Crippen LogP contribution in [-0.2, 0) is 10.8 Å². The molecule has 2 aromatic carbocycles. The van der Waals surface area contributed by atoms with Gasteiger partial charge >= 0.3 is 6.03 Å². The van der Waals surface area contributed by atoms with Crippen LogP contribution in [-0.4, -0.2) is 42.6 Å². The van der Waals surface area contributed by atoms with Gasteiger partial charge in [0.25, 0.3) is 0 Å². The Balaban J connectivity index is 1.88. The standard InChI is InChI=1S/C30H45N3O/c1-9-33(10-2)28(34)32-25-19-26(31-20-25)27(21-11-15-23(16-12-21)29(3,4)5)22-13-17-24(18-14-22)30(6,7)8/h11-18,25-27,31H,9-10,19-20H2,1-8H3,(H,32,34)/t25-,26-/m1/s1. The Kier molecular flexibility index (Phi) is 8.13. The Hall–Kier alpha value is -2.33. The molecule has 186 valence electrons. The van der Waals surface area contributed by atoms with Crippen LogP contribution in [0, 0.1) is 0 Å². The molecule has 0 aromatic heterocycles. The molecule has 0 saturated carbocycles. The fourth-order valence-electron chi connectivity index (χ4n) is 4.95. The molecule has 0 radical (unpaired) electrons. The molecule has 1 aliphatic heterocycles. The Labute approximate surface area is 207 Å². The van der Waals surface area contributed by atoms with Crippen LogP contribution in [0.5, 0.6) is 0 Å². The van der Waals surface area contributed by atoms with Crippen LogP contribution >= 0.6 is 0 Å². The number of hydrogen-bond acceptors (Lipinski definition) is 2. The van der Waals surface area contributed by atoms with E-state index in [2.05, 4.69) is 101 Å². The van der Waals surface area contributed by atoms with Crippen LogP contribution in [0.4, 0.5) is 4.79 Å². The van der Waals surface area contributed by atoms with Gasteiger partial charge in [-0.3, -0.25) is 0 Å². The van der Waals surface area contributed by atoms with Gasteiger partial charge in [0.2, 0.25) is 0 Å². The third-order valence-corrected chi connectivity index (χ3v) is 7.22. The molecule has 1 heterocycles. The third kappa shape index (κ3) is 6.21. The molecule has 1 saturated heterocycles. The number of hydrogen-bond donors (Lipinski definition) is 2. The first-order valence-electron chi connectivity index (χ1n) is 12.9. The monoisotopic (exact) mass is 463 g/mol. The number of nitrogens with one attached hydrogen (secondary N) is 2. The summed E-state index contributed by atoms with van der Waals surface area (Å²) in [5.74, 6) is 0.235. The molecule has 2 amide bonds. The van der Waals surface area contributed by atoms with E-state index in [1.54, 1.807) is 0 Å². The Morgan fingerprint density at radius 2 is 1.32 bits per heavy atom. The van der Waals surface area contributed by atoms with E-state index < -0.39 is 0 Å². The van der Waals surface area contributed by atoms with E-state index in [1.165, 1.54) is 22.3 Å². The van der Waals surface area contributed by atoms with Crippen molar-refractivity contribution in [1.29, 1.82) is 0 Å². The van der Waals surface area contributed by atoms with E-state index >= 15 is 0 Å². The van der Waals surface area contributed by atoms with Crippen molar-refractivity contribution in [1.82, 2.24) is 15.5 Å². The molecule has 0 spiro atoms. The summed E-state index contributed by atoms with van der Waals surface area (Å²) in [7, 11) is 0. The van der Waals surface area contributed by atoms with Crippen molar-refractivity contribution in [2.75, 3.05) is 19.6 Å². The predicted molar refractivity (Wildman–Crippen MR) is 144 cm³/mol. The quantitative estimate of drug-likeness (QED) is 0.536. The van der Waals surface area contributed by atoms with E-state index in [0.717, 1.165) is 26.1 Å². The molecule has 1 aliphatic rings. The zero-order valence-electron chi connectivity index (χ0n) is 22.5. The van der Waals surface area contributed by atoms with Crippen LogP contribution in [0.2, 0.25) is 0 Å². The minimum absolute atomic E-state index is 0.0399. The summed E-state index contributed by atoms with van der Waals surface area (Å²) in [5, 5.41) is 6.99. The highest BCUT2D eigenvalue weighted by molar-refractivity contribution is 5.74. The average molecular weight is 464 g/mol. The summed E-state index contributed by atoms with van der Waals surface area (Å²) in [6, 6.07) is 18.8. The van der Waals surface area contributed by atoms with E-state index in [1.807, 2.05) is 18.7 Å². The number of carbonyl (C=O) groups is 1. The molecule has 0 bridgehead atoms. The number of rotatable bonds is 6. The maximum Gasteiger partial charge on any atom is 0.317 e. The lowest BCUT2D eigenvalue weighted by molar-refractivity contribution is 0.199. The summed E-state index contributed by atoms with van der Waals surface area (Å²) in [5.41, 5.74) is 5.61. The summed E-state index contributed by atoms with van der Waals surface area (Å²) >= 11 is 0. The molecular weight excluding hydrogens is 418 g/mol. The lowest BCUT2D eigenvalue weighted by Gasteiger charge is -2.28. The summed E-state index contributed by atoms with van der Waals surface area (Å²) < 4.78 is 0. The van der Waals surface area contributed by atoms with Gasteiger partial charge in [0.15, 0.2) is 0 Å². The number of urea groups is 1. The smallest absolute Gasteiger partial charge is 0.317 e. The second kappa shape index (κ2) is 10.5. The predicted octanol–water partition coefficient (Wildman–Crippen LogP) is 6.20. The van der Waals surface area contributed by atoms with Gasteiger partial charge in [-0.25, -0.2) is 4.79 Å². The molecule has 2 N–H and O–H groups in total. The van der Waals surface area contributed by atoms with E-state index in [0.29, 0.717) is 0 Å². The summed E-state index contributed by atoms with van der Waals surface area (Å²) in [4.78, 5) is 14.5. The third-order valence-electron chi connectivity index (χ3n) is 7.22. The molecule has 1 fully saturated rings. The fraction of sp³-hybridized carbons (Fsp3) is 0.567. The van der Waals surface area contributed by atoms with Gasteiger partial charge in [-0.1, -0.05) is 90.1 Å². The van der Waals surface area contributed by atoms with Gasteiger partial charge in [-0.15, -0.1) is 0 Å². The van der Waals surface area contributed by atoms with E-state index in [4.69, 9.17) is 0 Å². The average Bonchev–Trinajstić information content (AvgIpc) is 3.22. The zero-order valence-corrected chi connectivity index (χ0v) is 22.5. The summed E-state index contributed by atoms with van der Waals surface area (Å²) in [6.45, 7) is 19.9. The first-order chi connectivity index (χ1) is 15.9. The van der Waals surface area contributed by atoms with Crippen molar-refractivity contribution in [2.45, 2.75) is 90.6 Å². The molecule has 4 nitrogen and oxygen atoms in total. The molecule has 4 heteroatoms. The van der Waals surface area contributed by atoms with E-state index in [9.17, 15) is 4.79 Å². The van der Waals surface area contributed by atoms with Gasteiger partial charge in [0, 0.05) is 37.6 Å². The minimum atomic E-state index is 0.0399. The Morgan fingerprint density at radius 3 is 1.71 bits per heavy atom. The SMILES string of the molecule is CCN(CC)C(=O)N[C@H]1CN[C@@H](C(c2ccc(C(C)(C)C)cc2)c2ccc(C(C)(C)C)cc2)C1. The first kappa shape index (κ1) is 26.3. The lowest BCUT2D eigenvalue weighted by atomic mass is 9.80. The second-order valence-corrected chi connectivity index (χ2v) is 11.8. The van der Waals surface area contributed by atoms with Crippen molar-refractivity contribution in [3.8, 4) is 0 Å². The van der Waals surface area contributed by atoms with Crippen molar-refractivity contribution >= 4 is 6.03 Å². The van der Waals surface area contributed by atoms with Crippen LogP contribution < -0.4 is 10.6 Å². The van der Waals surface area contributed by atoms with Crippen LogP contribution in [0.25, 0.3) is 0 Å². The Morgan fingerprint density at radius 1 is 0.882 bits per heavy atom. The fourth-order valence-corrected chi connectivity index (χ4v) is 4.95. The lowest BCUT2D eigenvalue weighted by Crippen LogP contribution is -2.45. The minimum Gasteiger partial charge on any atom is -0.334 e. The topological polar surface area (TPSA) is 44.4 Å². The van der Waals surface area contributed by atoms with Gasteiger partial charge < -0.3 is 15.5 Å². The van der Waals surface area contributed by atoms with Gasteiger partial charge in [-0.05, 0) is 53.4 Å². The molecule has 2 aromatic rings. The van der Waals surface area contributed by atoms with Crippen LogP contribution in [0.1, 0.15) is 90.0 Å². The van der Waals surface area contributed by atoms with Crippen molar-refractivity contribution < 1.29 is 4.79 Å². The highest BCUT2D eigenvalue weighted by atomic mass is 16.2. The van der Waals surface area contributed by atoms with Crippen molar-refractivity contribution in [2.24, 2.45) is 0 Å². The normalized spacial score (nSPS) is 18.9.